The van der Waals surface area contributed by atoms with Crippen LogP contribution in [0.2, 0.25) is 0 Å². The molecule has 1 aromatic carbocycles. The van der Waals surface area contributed by atoms with Crippen molar-refractivity contribution in [1.29, 1.82) is 0 Å². The Morgan fingerprint density at radius 1 is 1.32 bits per heavy atom. The molecule has 0 radical (unpaired) electrons. The predicted molar refractivity (Wildman–Crippen MR) is 73.6 cm³/mol. The molecule has 0 aliphatic carbocycles. The molecular formula is C13H12N4OS. The van der Waals surface area contributed by atoms with Gasteiger partial charge in [-0.25, -0.2) is 9.06 Å². The van der Waals surface area contributed by atoms with E-state index in [-0.39, 0.29) is 0 Å². The molecule has 96 valence electrons. The van der Waals surface area contributed by atoms with Gasteiger partial charge in [-0.1, -0.05) is 17.3 Å². The third-order valence-corrected chi connectivity index (χ3v) is 3.22. The van der Waals surface area contributed by atoms with E-state index < -0.39 is 0 Å². The second-order valence-electron chi connectivity index (χ2n) is 3.86. The molecule has 0 saturated carbocycles. The molecule has 0 unspecified atom stereocenters. The highest BCUT2D eigenvalue weighted by Crippen LogP contribution is 2.24. The molecule has 19 heavy (non-hydrogen) atoms. The molecule has 0 aliphatic rings. The lowest BCUT2D eigenvalue weighted by Crippen LogP contribution is -2.00. The van der Waals surface area contributed by atoms with Gasteiger partial charge in [-0.3, -0.25) is 0 Å². The first-order chi connectivity index (χ1) is 9.38. The van der Waals surface area contributed by atoms with Gasteiger partial charge in [0, 0.05) is 10.9 Å². The summed E-state index contributed by atoms with van der Waals surface area (Å²) in [5.41, 5.74) is 2.66. The van der Waals surface area contributed by atoms with E-state index >= 15 is 0 Å². The van der Waals surface area contributed by atoms with Crippen LogP contribution in [0.5, 0.6) is 5.75 Å². The first-order valence-electron chi connectivity index (χ1n) is 5.93. The van der Waals surface area contributed by atoms with Crippen LogP contribution in [0.3, 0.4) is 0 Å². The fourth-order valence-electron chi connectivity index (χ4n) is 1.77. The average molecular weight is 272 g/mol. The molecule has 0 atom stereocenters. The van der Waals surface area contributed by atoms with Gasteiger partial charge in [0.25, 0.3) is 0 Å². The highest BCUT2D eigenvalue weighted by molar-refractivity contribution is 7.03. The summed E-state index contributed by atoms with van der Waals surface area (Å²) >= 11 is 1.40. The zero-order valence-corrected chi connectivity index (χ0v) is 11.2. The van der Waals surface area contributed by atoms with E-state index in [0.29, 0.717) is 6.61 Å². The highest BCUT2D eigenvalue weighted by Gasteiger charge is 2.09. The maximum atomic E-state index is 5.59. The monoisotopic (exact) mass is 272 g/mol. The third-order valence-electron chi connectivity index (χ3n) is 2.63. The van der Waals surface area contributed by atoms with Crippen molar-refractivity contribution in [3.8, 4) is 22.7 Å². The van der Waals surface area contributed by atoms with E-state index in [1.807, 2.05) is 42.8 Å². The number of benzene rings is 1. The normalized spacial score (nSPS) is 10.6. The molecule has 2 heterocycles. The summed E-state index contributed by atoms with van der Waals surface area (Å²) in [5.74, 6) is 0.796. The van der Waals surface area contributed by atoms with Gasteiger partial charge in [-0.2, -0.15) is 0 Å². The molecule has 6 heteroatoms. The van der Waals surface area contributed by atoms with Gasteiger partial charge in [0.15, 0.2) is 0 Å². The fourth-order valence-corrected chi connectivity index (χ4v) is 2.30. The second kappa shape index (κ2) is 5.19. The smallest absolute Gasteiger partial charge is 0.144 e. The number of nitrogens with zero attached hydrogens (tertiary/aromatic N) is 4. The van der Waals surface area contributed by atoms with Crippen LogP contribution in [0.4, 0.5) is 0 Å². The van der Waals surface area contributed by atoms with Crippen LogP contribution in [0.25, 0.3) is 16.9 Å². The lowest BCUT2D eigenvalue weighted by molar-refractivity contribution is 0.338. The van der Waals surface area contributed by atoms with E-state index in [1.165, 1.54) is 11.5 Å². The maximum Gasteiger partial charge on any atom is 0.144 e. The van der Waals surface area contributed by atoms with Crippen molar-refractivity contribution in [3.05, 3.63) is 42.0 Å². The number of aromatic nitrogens is 4. The maximum absolute atomic E-state index is 5.59. The summed E-state index contributed by atoms with van der Waals surface area (Å²) in [6, 6.07) is 7.77. The van der Waals surface area contributed by atoms with Crippen molar-refractivity contribution in [3.63, 3.8) is 0 Å². The van der Waals surface area contributed by atoms with Gasteiger partial charge in [0.05, 0.1) is 19.0 Å². The van der Waals surface area contributed by atoms with Crippen LogP contribution < -0.4 is 4.74 Å². The zero-order valence-electron chi connectivity index (χ0n) is 10.4. The molecule has 2 aromatic heterocycles. The molecule has 0 amide bonds. The largest absolute Gasteiger partial charge is 0.492 e. The minimum atomic E-state index is 0.618. The topological polar surface area (TPSA) is 52.8 Å². The van der Waals surface area contributed by atoms with E-state index in [9.17, 15) is 0 Å². The molecule has 0 spiro atoms. The fraction of sp³-hybridized carbons (Fsp3) is 0.154. The van der Waals surface area contributed by atoms with Crippen LogP contribution in [0.1, 0.15) is 6.92 Å². The molecular weight excluding hydrogens is 260 g/mol. The minimum Gasteiger partial charge on any atom is -0.492 e. The van der Waals surface area contributed by atoms with Crippen molar-refractivity contribution < 1.29 is 4.74 Å². The quantitative estimate of drug-likeness (QED) is 0.733. The van der Waals surface area contributed by atoms with E-state index in [0.717, 1.165) is 22.7 Å². The summed E-state index contributed by atoms with van der Waals surface area (Å²) in [5, 5.41) is 10.3. The minimum absolute atomic E-state index is 0.618. The highest BCUT2D eigenvalue weighted by atomic mass is 32.1. The Bertz CT molecular complexity index is 663. The molecule has 3 aromatic rings. The Labute approximate surface area is 114 Å². The first kappa shape index (κ1) is 11.9. The molecule has 0 bridgehead atoms. The SMILES string of the molecule is CCOc1ccccc1-n1cc(-c2cnsc2)nn1. The second-order valence-corrected chi connectivity index (χ2v) is 4.52. The summed E-state index contributed by atoms with van der Waals surface area (Å²) < 4.78 is 11.4. The Kier molecular flexibility index (Phi) is 3.24. The van der Waals surface area contributed by atoms with Crippen LogP contribution in [0, 0.1) is 0 Å². The number of para-hydroxylation sites is 2. The number of hydrogen-bond donors (Lipinski definition) is 0. The van der Waals surface area contributed by atoms with Gasteiger partial charge in [0.1, 0.15) is 17.1 Å². The standard InChI is InChI=1S/C13H12N4OS/c1-2-18-13-6-4-3-5-12(13)17-8-11(15-16-17)10-7-14-19-9-10/h3-9H,2H2,1H3. The van der Waals surface area contributed by atoms with Gasteiger partial charge in [-0.05, 0) is 30.6 Å². The van der Waals surface area contributed by atoms with E-state index in [2.05, 4.69) is 14.7 Å². The van der Waals surface area contributed by atoms with E-state index in [4.69, 9.17) is 4.74 Å². The van der Waals surface area contributed by atoms with Gasteiger partial charge < -0.3 is 4.74 Å². The third kappa shape index (κ3) is 2.34. The Balaban J connectivity index is 1.99. The molecule has 0 fully saturated rings. The van der Waals surface area contributed by atoms with Crippen LogP contribution in [-0.4, -0.2) is 26.0 Å². The van der Waals surface area contributed by atoms with Crippen LogP contribution in [0.15, 0.2) is 42.0 Å². The Hall–Kier alpha value is -2.21. The molecule has 0 saturated heterocycles. The first-order valence-corrected chi connectivity index (χ1v) is 6.76. The number of rotatable bonds is 4. The van der Waals surface area contributed by atoms with Crippen LogP contribution >= 0.6 is 11.5 Å². The lowest BCUT2D eigenvalue weighted by atomic mass is 10.3. The summed E-state index contributed by atoms with van der Waals surface area (Å²) in [4.78, 5) is 0. The summed E-state index contributed by atoms with van der Waals surface area (Å²) in [6.45, 7) is 2.58. The molecule has 0 N–H and O–H groups in total. The van der Waals surface area contributed by atoms with Crippen LogP contribution in [-0.2, 0) is 0 Å². The van der Waals surface area contributed by atoms with Crippen molar-refractivity contribution >= 4 is 11.5 Å². The van der Waals surface area contributed by atoms with Gasteiger partial charge >= 0.3 is 0 Å². The van der Waals surface area contributed by atoms with Gasteiger partial charge in [-0.15, -0.1) is 5.10 Å². The lowest BCUT2D eigenvalue weighted by Gasteiger charge is -2.08. The zero-order chi connectivity index (χ0) is 13.1. The summed E-state index contributed by atoms with van der Waals surface area (Å²) in [7, 11) is 0. The number of hydrogen-bond acceptors (Lipinski definition) is 5. The molecule has 5 nitrogen and oxygen atoms in total. The van der Waals surface area contributed by atoms with Crippen molar-refractivity contribution in [1.82, 2.24) is 19.4 Å². The number of ether oxygens (including phenoxy) is 1. The average Bonchev–Trinajstić information content (AvgIpc) is 3.11. The van der Waals surface area contributed by atoms with E-state index in [1.54, 1.807) is 10.9 Å². The van der Waals surface area contributed by atoms with Crippen molar-refractivity contribution in [2.75, 3.05) is 6.61 Å². The van der Waals surface area contributed by atoms with Crippen molar-refractivity contribution in [2.24, 2.45) is 0 Å². The Morgan fingerprint density at radius 2 is 2.21 bits per heavy atom. The van der Waals surface area contributed by atoms with Gasteiger partial charge in [0.2, 0.25) is 0 Å². The summed E-state index contributed by atoms with van der Waals surface area (Å²) in [6.07, 6.45) is 3.66. The van der Waals surface area contributed by atoms with Crippen molar-refractivity contribution in [2.45, 2.75) is 6.92 Å². The Morgan fingerprint density at radius 3 is 3.00 bits per heavy atom. The predicted octanol–water partition coefficient (Wildman–Crippen LogP) is 2.79. The molecule has 0 aliphatic heterocycles. The molecule has 3 rings (SSSR count).